The van der Waals surface area contributed by atoms with Gasteiger partial charge < -0.3 is 15.0 Å². The number of H-pyrrole nitrogens is 1. The van der Waals surface area contributed by atoms with Crippen molar-refractivity contribution in [2.75, 3.05) is 12.4 Å². The van der Waals surface area contributed by atoms with Crippen molar-refractivity contribution in [2.24, 2.45) is 0 Å². The van der Waals surface area contributed by atoms with Crippen molar-refractivity contribution >= 4 is 11.6 Å². The van der Waals surface area contributed by atoms with E-state index in [1.54, 1.807) is 20.1 Å². The van der Waals surface area contributed by atoms with Gasteiger partial charge in [0.2, 0.25) is 0 Å². The largest absolute Gasteiger partial charge is 0.496 e. The van der Waals surface area contributed by atoms with Gasteiger partial charge in [-0.15, -0.1) is 0 Å². The lowest BCUT2D eigenvalue weighted by Crippen LogP contribution is -2.16. The van der Waals surface area contributed by atoms with E-state index in [1.807, 2.05) is 12.1 Å². The third-order valence-corrected chi connectivity index (χ3v) is 7.10. The van der Waals surface area contributed by atoms with E-state index in [0.717, 1.165) is 52.0 Å². The molecule has 0 aliphatic carbocycles. The Morgan fingerprint density at radius 1 is 1.03 bits per heavy atom. The lowest BCUT2D eigenvalue weighted by Gasteiger charge is -2.20. The van der Waals surface area contributed by atoms with Crippen molar-refractivity contribution in [1.82, 2.24) is 9.97 Å². The summed E-state index contributed by atoms with van der Waals surface area (Å²) >= 11 is 0. The van der Waals surface area contributed by atoms with Crippen molar-refractivity contribution < 1.29 is 18.3 Å². The molecule has 4 rings (SSSR count). The van der Waals surface area contributed by atoms with Gasteiger partial charge in [-0.3, -0.25) is 4.79 Å². The second-order valence-electron chi connectivity index (χ2n) is 9.83. The lowest BCUT2D eigenvalue weighted by atomic mass is 9.88. The van der Waals surface area contributed by atoms with Gasteiger partial charge in [-0.25, -0.2) is 13.8 Å². The number of hydrogen-bond acceptors (Lipinski definition) is 3. The molecular formula is C32H35F2N3O2. The van der Waals surface area contributed by atoms with Gasteiger partial charge in [-0.05, 0) is 67.6 Å². The van der Waals surface area contributed by atoms with Gasteiger partial charge >= 0.3 is 0 Å². The highest BCUT2D eigenvalue weighted by Crippen LogP contribution is 2.42. The topological polar surface area (TPSA) is 67.0 Å². The SMILES string of the molecule is CCCc1cc(OC)c(-c2ccccc2C)c(C)c1-c1nc(C(=O)Nc2cccc(C(F)(F)CC)c2)c(C)[nH]1. The number of rotatable bonds is 9. The molecule has 0 aliphatic rings. The summed E-state index contributed by atoms with van der Waals surface area (Å²) < 4.78 is 34.3. The number of ether oxygens (including phenoxy) is 1. The monoisotopic (exact) mass is 531 g/mol. The second kappa shape index (κ2) is 11.4. The molecule has 0 radical (unpaired) electrons. The van der Waals surface area contributed by atoms with Crippen LogP contribution in [0.3, 0.4) is 0 Å². The average Bonchev–Trinajstić information content (AvgIpc) is 3.30. The number of amides is 1. The molecule has 204 valence electrons. The summed E-state index contributed by atoms with van der Waals surface area (Å²) in [6.45, 7) is 9.45. The number of nitrogens with zero attached hydrogens (tertiary/aromatic N) is 1. The first-order chi connectivity index (χ1) is 18.6. The predicted molar refractivity (Wildman–Crippen MR) is 153 cm³/mol. The van der Waals surface area contributed by atoms with E-state index in [4.69, 9.17) is 9.72 Å². The molecule has 0 atom stereocenters. The minimum absolute atomic E-state index is 0.135. The minimum Gasteiger partial charge on any atom is -0.496 e. The summed E-state index contributed by atoms with van der Waals surface area (Å²) in [7, 11) is 1.68. The molecule has 2 N–H and O–H groups in total. The second-order valence-corrected chi connectivity index (χ2v) is 9.83. The molecule has 1 heterocycles. The first-order valence-electron chi connectivity index (χ1n) is 13.2. The number of carbonyl (C=O) groups excluding carboxylic acids is 1. The molecule has 0 unspecified atom stereocenters. The molecule has 0 saturated heterocycles. The molecule has 0 spiro atoms. The smallest absolute Gasteiger partial charge is 0.276 e. The van der Waals surface area contributed by atoms with Crippen LogP contribution < -0.4 is 10.1 Å². The maximum atomic E-state index is 14.2. The molecule has 0 saturated carbocycles. The van der Waals surface area contributed by atoms with Gasteiger partial charge in [-0.1, -0.05) is 56.7 Å². The van der Waals surface area contributed by atoms with Crippen LogP contribution in [0, 0.1) is 20.8 Å². The highest BCUT2D eigenvalue weighted by Gasteiger charge is 2.29. The van der Waals surface area contributed by atoms with Crippen LogP contribution in [-0.4, -0.2) is 23.0 Å². The Morgan fingerprint density at radius 3 is 2.44 bits per heavy atom. The Balaban J connectivity index is 1.78. The fraction of sp³-hybridized carbons (Fsp3) is 0.312. The molecule has 39 heavy (non-hydrogen) atoms. The fourth-order valence-electron chi connectivity index (χ4n) is 5.02. The summed E-state index contributed by atoms with van der Waals surface area (Å²) in [4.78, 5) is 21.3. The number of imidazole rings is 1. The lowest BCUT2D eigenvalue weighted by molar-refractivity contribution is -0.00824. The number of nitrogens with one attached hydrogen (secondary N) is 2. The zero-order chi connectivity index (χ0) is 28.3. The number of aryl methyl sites for hydroxylation is 3. The predicted octanol–water partition coefficient (Wildman–Crippen LogP) is 8.38. The number of halogens is 2. The van der Waals surface area contributed by atoms with Crippen LogP contribution >= 0.6 is 0 Å². The Kier molecular flexibility index (Phi) is 8.19. The van der Waals surface area contributed by atoms with Gasteiger partial charge in [0.1, 0.15) is 17.3 Å². The maximum absolute atomic E-state index is 14.2. The summed E-state index contributed by atoms with van der Waals surface area (Å²) in [6, 6.07) is 16.0. The van der Waals surface area contributed by atoms with Crippen LogP contribution in [0.5, 0.6) is 5.75 Å². The van der Waals surface area contributed by atoms with Crippen LogP contribution in [0.15, 0.2) is 54.6 Å². The Morgan fingerprint density at radius 2 is 1.77 bits per heavy atom. The number of aromatic nitrogens is 2. The van der Waals surface area contributed by atoms with E-state index in [9.17, 15) is 13.6 Å². The summed E-state index contributed by atoms with van der Waals surface area (Å²) in [6.07, 6.45) is 1.41. The molecule has 4 aromatic rings. The zero-order valence-electron chi connectivity index (χ0n) is 23.3. The van der Waals surface area contributed by atoms with Gasteiger partial charge in [0.05, 0.1) is 7.11 Å². The molecule has 0 fully saturated rings. The van der Waals surface area contributed by atoms with Gasteiger partial charge in [0.15, 0.2) is 0 Å². The minimum atomic E-state index is -2.97. The normalized spacial score (nSPS) is 11.5. The number of anilines is 1. The Bertz CT molecular complexity index is 1510. The van der Waals surface area contributed by atoms with Crippen LogP contribution in [0.2, 0.25) is 0 Å². The molecule has 1 amide bonds. The molecule has 0 aliphatic heterocycles. The van der Waals surface area contributed by atoms with Crippen LogP contribution in [-0.2, 0) is 12.3 Å². The molecule has 3 aromatic carbocycles. The van der Waals surface area contributed by atoms with Crippen LogP contribution in [0.4, 0.5) is 14.5 Å². The molecule has 1 aromatic heterocycles. The quantitative estimate of drug-likeness (QED) is 0.228. The highest BCUT2D eigenvalue weighted by molar-refractivity contribution is 6.04. The van der Waals surface area contributed by atoms with Crippen LogP contribution in [0.1, 0.15) is 65.1 Å². The van der Waals surface area contributed by atoms with E-state index >= 15 is 0 Å². The van der Waals surface area contributed by atoms with Crippen molar-refractivity contribution in [3.8, 4) is 28.3 Å². The zero-order valence-corrected chi connectivity index (χ0v) is 23.3. The van der Waals surface area contributed by atoms with Crippen molar-refractivity contribution in [3.05, 3.63) is 88.2 Å². The van der Waals surface area contributed by atoms with E-state index in [0.29, 0.717) is 17.2 Å². The van der Waals surface area contributed by atoms with E-state index < -0.39 is 11.8 Å². The number of aromatic amines is 1. The number of methoxy groups -OCH3 is 1. The van der Waals surface area contributed by atoms with Crippen molar-refractivity contribution in [2.45, 2.75) is 59.8 Å². The molecule has 7 heteroatoms. The third kappa shape index (κ3) is 5.58. The number of benzene rings is 3. The number of hydrogen-bond donors (Lipinski definition) is 2. The van der Waals surface area contributed by atoms with Gasteiger partial charge in [0, 0.05) is 34.5 Å². The summed E-state index contributed by atoms with van der Waals surface area (Å²) in [5.41, 5.74) is 7.15. The van der Waals surface area contributed by atoms with Crippen molar-refractivity contribution in [1.29, 1.82) is 0 Å². The fourth-order valence-corrected chi connectivity index (χ4v) is 5.02. The van der Waals surface area contributed by atoms with Gasteiger partial charge in [0.25, 0.3) is 11.8 Å². The molecular weight excluding hydrogens is 496 g/mol. The first-order valence-corrected chi connectivity index (χ1v) is 13.2. The third-order valence-electron chi connectivity index (χ3n) is 7.10. The Labute approximate surface area is 228 Å². The average molecular weight is 532 g/mol. The van der Waals surface area contributed by atoms with Gasteiger partial charge in [-0.2, -0.15) is 0 Å². The standard InChI is InChI=1S/C32H35F2N3O2/c1-7-12-22-17-26(39-6)28(25-16-10-9-13-19(25)3)20(4)27(22)30-35-21(5)29(37-30)31(38)36-24-15-11-14-23(18-24)32(33,34)8-2/h9-11,13-18H,7-8,12H2,1-6H3,(H,35,37)(H,36,38). The van der Waals surface area contributed by atoms with E-state index in [1.165, 1.54) is 25.1 Å². The van der Waals surface area contributed by atoms with Crippen molar-refractivity contribution in [3.63, 3.8) is 0 Å². The summed E-state index contributed by atoms with van der Waals surface area (Å²) in [5.74, 6) is -2.05. The Hall–Kier alpha value is -4.00. The number of carbonyl (C=O) groups is 1. The molecule has 5 nitrogen and oxygen atoms in total. The number of alkyl halides is 2. The van der Waals surface area contributed by atoms with Crippen LogP contribution in [0.25, 0.3) is 22.5 Å². The first kappa shape index (κ1) is 28.0. The van der Waals surface area contributed by atoms with E-state index in [2.05, 4.69) is 49.3 Å². The van der Waals surface area contributed by atoms with E-state index in [-0.39, 0.29) is 17.7 Å². The molecule has 0 bridgehead atoms. The highest BCUT2D eigenvalue weighted by atomic mass is 19.3. The maximum Gasteiger partial charge on any atom is 0.276 e. The summed E-state index contributed by atoms with van der Waals surface area (Å²) in [5, 5.41) is 2.74.